The SMILES string of the molecule is CCOC(=O)[C@@H]1C2C=CCC21. The van der Waals surface area contributed by atoms with Crippen molar-refractivity contribution in [3.63, 3.8) is 0 Å². The Morgan fingerprint density at radius 2 is 2.55 bits per heavy atom. The van der Waals surface area contributed by atoms with Gasteiger partial charge >= 0.3 is 5.97 Å². The van der Waals surface area contributed by atoms with Crippen LogP contribution in [0.15, 0.2) is 12.2 Å². The van der Waals surface area contributed by atoms with E-state index in [9.17, 15) is 4.79 Å². The van der Waals surface area contributed by atoms with Crippen molar-refractivity contribution < 1.29 is 9.53 Å². The van der Waals surface area contributed by atoms with Crippen LogP contribution in [0.5, 0.6) is 0 Å². The maximum absolute atomic E-state index is 11.2. The lowest BCUT2D eigenvalue weighted by Gasteiger charge is -1.99. The predicted molar refractivity (Wildman–Crippen MR) is 40.9 cm³/mol. The van der Waals surface area contributed by atoms with Crippen LogP contribution < -0.4 is 0 Å². The molecule has 3 atom stereocenters. The molecule has 0 N–H and O–H groups in total. The van der Waals surface area contributed by atoms with E-state index in [2.05, 4.69) is 12.2 Å². The van der Waals surface area contributed by atoms with Gasteiger partial charge in [-0.15, -0.1) is 0 Å². The van der Waals surface area contributed by atoms with Crippen molar-refractivity contribution in [2.24, 2.45) is 17.8 Å². The zero-order valence-corrected chi connectivity index (χ0v) is 6.62. The highest BCUT2D eigenvalue weighted by atomic mass is 16.5. The Kier molecular flexibility index (Phi) is 1.48. The zero-order chi connectivity index (χ0) is 7.84. The molecule has 60 valence electrons. The molecule has 0 spiro atoms. The quantitative estimate of drug-likeness (QED) is 0.441. The third-order valence-corrected chi connectivity index (χ3v) is 2.55. The van der Waals surface area contributed by atoms with Crippen molar-refractivity contribution in [1.82, 2.24) is 0 Å². The number of fused-ring (bicyclic) bond motifs is 1. The van der Waals surface area contributed by atoms with Gasteiger partial charge in [-0.3, -0.25) is 4.79 Å². The summed E-state index contributed by atoms with van der Waals surface area (Å²) in [4.78, 5) is 11.2. The van der Waals surface area contributed by atoms with Crippen LogP contribution >= 0.6 is 0 Å². The second-order valence-corrected chi connectivity index (χ2v) is 3.18. The summed E-state index contributed by atoms with van der Waals surface area (Å²) in [6.45, 7) is 2.37. The molecule has 0 aromatic carbocycles. The molecule has 0 aliphatic heterocycles. The average molecular weight is 152 g/mol. The van der Waals surface area contributed by atoms with Gasteiger partial charge in [0.1, 0.15) is 0 Å². The molecular formula is C9H12O2. The number of hydrogen-bond acceptors (Lipinski definition) is 2. The average Bonchev–Trinajstić information content (AvgIpc) is 2.47. The van der Waals surface area contributed by atoms with Gasteiger partial charge in [-0.05, 0) is 25.2 Å². The van der Waals surface area contributed by atoms with Crippen molar-refractivity contribution in [3.05, 3.63) is 12.2 Å². The van der Waals surface area contributed by atoms with E-state index in [0.717, 1.165) is 6.42 Å². The molecule has 2 aliphatic rings. The second kappa shape index (κ2) is 2.36. The number of carbonyl (C=O) groups excluding carboxylic acids is 1. The Morgan fingerprint density at radius 3 is 3.09 bits per heavy atom. The molecule has 2 nitrogen and oxygen atoms in total. The summed E-state index contributed by atoms with van der Waals surface area (Å²) in [6, 6.07) is 0. The molecular weight excluding hydrogens is 140 g/mol. The van der Waals surface area contributed by atoms with E-state index in [1.54, 1.807) is 0 Å². The van der Waals surface area contributed by atoms with Gasteiger partial charge in [0.25, 0.3) is 0 Å². The molecule has 0 aromatic heterocycles. The number of carbonyl (C=O) groups is 1. The molecule has 1 fully saturated rings. The standard InChI is InChI=1S/C9H12O2/c1-2-11-9(10)8-6-4-3-5-7(6)8/h3-4,6-8H,2,5H2,1H3/t6?,7?,8-/m1/s1. The van der Waals surface area contributed by atoms with E-state index in [1.165, 1.54) is 0 Å². The van der Waals surface area contributed by atoms with E-state index >= 15 is 0 Å². The molecule has 0 radical (unpaired) electrons. The minimum atomic E-state index is 0.00634. The first-order valence-electron chi connectivity index (χ1n) is 4.18. The van der Waals surface area contributed by atoms with Gasteiger partial charge in [-0.25, -0.2) is 0 Å². The zero-order valence-electron chi connectivity index (χ0n) is 6.62. The van der Waals surface area contributed by atoms with E-state index in [1.807, 2.05) is 6.92 Å². The van der Waals surface area contributed by atoms with Gasteiger partial charge in [-0.1, -0.05) is 12.2 Å². The summed E-state index contributed by atoms with van der Waals surface area (Å²) < 4.78 is 4.93. The van der Waals surface area contributed by atoms with E-state index in [0.29, 0.717) is 18.4 Å². The number of rotatable bonds is 2. The van der Waals surface area contributed by atoms with E-state index < -0.39 is 0 Å². The molecule has 0 aromatic rings. The lowest BCUT2D eigenvalue weighted by atomic mass is 10.2. The lowest BCUT2D eigenvalue weighted by molar-refractivity contribution is -0.145. The summed E-state index contributed by atoms with van der Waals surface area (Å²) in [6.07, 6.45) is 5.38. The van der Waals surface area contributed by atoms with E-state index in [-0.39, 0.29) is 11.9 Å². The minimum Gasteiger partial charge on any atom is -0.466 e. The highest BCUT2D eigenvalue weighted by Crippen LogP contribution is 2.54. The van der Waals surface area contributed by atoms with Crippen LogP contribution in [0.4, 0.5) is 0 Å². The van der Waals surface area contributed by atoms with Crippen molar-refractivity contribution in [2.45, 2.75) is 13.3 Å². The molecule has 2 unspecified atom stereocenters. The molecule has 0 saturated heterocycles. The predicted octanol–water partition coefficient (Wildman–Crippen LogP) is 1.37. The Morgan fingerprint density at radius 1 is 1.73 bits per heavy atom. The first kappa shape index (κ1) is 6.89. The Bertz CT molecular complexity index is 208. The number of hydrogen-bond donors (Lipinski definition) is 0. The summed E-state index contributed by atoms with van der Waals surface area (Å²) in [7, 11) is 0. The highest BCUT2D eigenvalue weighted by Gasteiger charge is 2.55. The van der Waals surface area contributed by atoms with Crippen molar-refractivity contribution in [1.29, 1.82) is 0 Å². The molecule has 2 rings (SSSR count). The van der Waals surface area contributed by atoms with Crippen LogP contribution in [-0.4, -0.2) is 12.6 Å². The van der Waals surface area contributed by atoms with Gasteiger partial charge in [0, 0.05) is 0 Å². The third-order valence-electron chi connectivity index (χ3n) is 2.55. The van der Waals surface area contributed by atoms with Crippen LogP contribution in [0.25, 0.3) is 0 Å². The van der Waals surface area contributed by atoms with Crippen molar-refractivity contribution in [2.75, 3.05) is 6.61 Å². The fourth-order valence-corrected chi connectivity index (χ4v) is 1.93. The maximum atomic E-state index is 11.2. The Balaban J connectivity index is 1.90. The van der Waals surface area contributed by atoms with Gasteiger partial charge < -0.3 is 4.74 Å². The third kappa shape index (κ3) is 0.971. The fourth-order valence-electron chi connectivity index (χ4n) is 1.93. The first-order valence-corrected chi connectivity index (χ1v) is 4.18. The molecule has 0 amide bonds. The van der Waals surface area contributed by atoms with Crippen LogP contribution in [0.2, 0.25) is 0 Å². The highest BCUT2D eigenvalue weighted by molar-refractivity contribution is 5.77. The molecule has 2 heteroatoms. The van der Waals surface area contributed by atoms with Crippen molar-refractivity contribution in [3.8, 4) is 0 Å². The molecule has 1 saturated carbocycles. The maximum Gasteiger partial charge on any atom is 0.309 e. The largest absolute Gasteiger partial charge is 0.466 e. The number of ether oxygens (including phenoxy) is 1. The van der Waals surface area contributed by atoms with E-state index in [4.69, 9.17) is 4.74 Å². The number of allylic oxidation sites excluding steroid dienone is 2. The van der Waals surface area contributed by atoms with Crippen LogP contribution in [0.1, 0.15) is 13.3 Å². The van der Waals surface area contributed by atoms with Gasteiger partial charge in [0.2, 0.25) is 0 Å². The monoisotopic (exact) mass is 152 g/mol. The van der Waals surface area contributed by atoms with Crippen LogP contribution in [0.3, 0.4) is 0 Å². The smallest absolute Gasteiger partial charge is 0.309 e. The van der Waals surface area contributed by atoms with Gasteiger partial charge in [-0.2, -0.15) is 0 Å². The second-order valence-electron chi connectivity index (χ2n) is 3.18. The van der Waals surface area contributed by atoms with Crippen molar-refractivity contribution >= 4 is 5.97 Å². The molecule has 2 aliphatic carbocycles. The summed E-state index contributed by atoms with van der Waals surface area (Å²) in [5.74, 6) is 1.33. The van der Waals surface area contributed by atoms with Crippen LogP contribution in [-0.2, 0) is 9.53 Å². The van der Waals surface area contributed by atoms with Gasteiger partial charge in [0.05, 0.1) is 12.5 Å². The molecule has 0 heterocycles. The van der Waals surface area contributed by atoms with Gasteiger partial charge in [0.15, 0.2) is 0 Å². The Hall–Kier alpha value is -0.790. The summed E-state index contributed by atoms with van der Waals surface area (Å²) in [5, 5.41) is 0. The normalized spacial score (nSPS) is 38.5. The number of esters is 1. The molecule has 11 heavy (non-hydrogen) atoms. The topological polar surface area (TPSA) is 26.3 Å². The minimum absolute atomic E-state index is 0.00634. The summed E-state index contributed by atoms with van der Waals surface area (Å²) >= 11 is 0. The Labute approximate surface area is 66.2 Å². The first-order chi connectivity index (χ1) is 5.34. The fraction of sp³-hybridized carbons (Fsp3) is 0.667. The summed E-state index contributed by atoms with van der Waals surface area (Å²) in [5.41, 5.74) is 0. The lowest BCUT2D eigenvalue weighted by Crippen LogP contribution is -2.08. The van der Waals surface area contributed by atoms with Crippen LogP contribution in [0, 0.1) is 17.8 Å². The molecule has 0 bridgehead atoms.